The second-order valence-electron chi connectivity index (χ2n) is 4.84. The predicted octanol–water partition coefficient (Wildman–Crippen LogP) is 2.17. The van der Waals surface area contributed by atoms with Gasteiger partial charge >= 0.3 is 0 Å². The van der Waals surface area contributed by atoms with Crippen molar-refractivity contribution < 1.29 is 4.79 Å². The highest BCUT2D eigenvalue weighted by Crippen LogP contribution is 2.00. The minimum atomic E-state index is 0. The summed E-state index contributed by atoms with van der Waals surface area (Å²) in [6, 6.07) is 5.72. The van der Waals surface area contributed by atoms with Crippen LogP contribution < -0.4 is 10.9 Å². The van der Waals surface area contributed by atoms with Crippen LogP contribution >= 0.6 is 24.8 Å². The summed E-state index contributed by atoms with van der Waals surface area (Å²) in [4.78, 5) is 17.8. The molecule has 0 saturated carbocycles. The zero-order valence-electron chi connectivity index (χ0n) is 12.7. The summed E-state index contributed by atoms with van der Waals surface area (Å²) in [5, 5.41) is 0. The van der Waals surface area contributed by atoms with Crippen LogP contribution in [0.4, 0.5) is 0 Å². The Morgan fingerprint density at radius 3 is 2.57 bits per heavy atom. The van der Waals surface area contributed by atoms with Crippen molar-refractivity contribution in [1.82, 2.24) is 20.7 Å². The monoisotopic (exact) mass is 336 g/mol. The van der Waals surface area contributed by atoms with Crippen molar-refractivity contribution in [2.75, 3.05) is 20.6 Å². The molecule has 0 spiro atoms. The lowest BCUT2D eigenvalue weighted by Gasteiger charge is -2.09. The maximum absolute atomic E-state index is 11.5. The molecule has 0 unspecified atom stereocenters. The first-order chi connectivity index (χ1) is 9.18. The SMILES string of the molecule is CN(C)CCCCCC(=O)NNCc1ccccn1.Cl.Cl. The van der Waals surface area contributed by atoms with E-state index in [1.165, 1.54) is 0 Å². The van der Waals surface area contributed by atoms with E-state index in [0.29, 0.717) is 13.0 Å². The Morgan fingerprint density at radius 2 is 1.95 bits per heavy atom. The van der Waals surface area contributed by atoms with Gasteiger partial charge in [-0.05, 0) is 45.6 Å². The second kappa shape index (κ2) is 14.1. The van der Waals surface area contributed by atoms with Gasteiger partial charge in [-0.3, -0.25) is 15.2 Å². The number of unbranched alkanes of at least 4 members (excludes halogenated alkanes) is 2. The molecule has 122 valence electrons. The lowest BCUT2D eigenvalue weighted by Crippen LogP contribution is -2.36. The van der Waals surface area contributed by atoms with Gasteiger partial charge in [-0.2, -0.15) is 0 Å². The molecule has 1 rings (SSSR count). The van der Waals surface area contributed by atoms with Crippen LogP contribution in [0.25, 0.3) is 0 Å². The molecular formula is C14H26Cl2N4O. The predicted molar refractivity (Wildman–Crippen MR) is 90.7 cm³/mol. The van der Waals surface area contributed by atoms with E-state index in [1.54, 1.807) is 6.20 Å². The highest BCUT2D eigenvalue weighted by Gasteiger charge is 2.00. The summed E-state index contributed by atoms with van der Waals surface area (Å²) in [7, 11) is 4.13. The summed E-state index contributed by atoms with van der Waals surface area (Å²) in [6.45, 7) is 1.63. The van der Waals surface area contributed by atoms with E-state index in [1.807, 2.05) is 18.2 Å². The number of hydrogen-bond acceptors (Lipinski definition) is 4. The van der Waals surface area contributed by atoms with Gasteiger partial charge < -0.3 is 4.90 Å². The molecule has 0 saturated heterocycles. The molecule has 7 heteroatoms. The van der Waals surface area contributed by atoms with Gasteiger partial charge in [0.15, 0.2) is 0 Å². The zero-order chi connectivity index (χ0) is 13.9. The third-order valence-electron chi connectivity index (χ3n) is 2.73. The standard InChI is InChI=1S/C14H24N4O.2ClH/c1-18(2)11-7-3-4-9-14(19)17-16-12-13-8-5-6-10-15-13;;/h5-6,8,10,16H,3-4,7,9,11-12H2,1-2H3,(H,17,19);2*1H. The van der Waals surface area contributed by atoms with Gasteiger partial charge in [-0.15, -0.1) is 24.8 Å². The molecule has 0 aliphatic carbocycles. The zero-order valence-corrected chi connectivity index (χ0v) is 14.3. The van der Waals surface area contributed by atoms with E-state index in [0.717, 1.165) is 31.5 Å². The second-order valence-corrected chi connectivity index (χ2v) is 4.84. The molecule has 1 heterocycles. The third kappa shape index (κ3) is 12.6. The van der Waals surface area contributed by atoms with Crippen LogP contribution in [0.5, 0.6) is 0 Å². The fourth-order valence-corrected chi connectivity index (χ4v) is 1.69. The third-order valence-corrected chi connectivity index (χ3v) is 2.73. The van der Waals surface area contributed by atoms with Crippen LogP contribution in [0, 0.1) is 0 Å². The van der Waals surface area contributed by atoms with Crippen molar-refractivity contribution in [3.63, 3.8) is 0 Å². The Kier molecular flexibility index (Phi) is 15.0. The number of hydrazine groups is 1. The Morgan fingerprint density at radius 1 is 1.19 bits per heavy atom. The first-order valence-corrected chi connectivity index (χ1v) is 6.75. The minimum absolute atomic E-state index is 0. The van der Waals surface area contributed by atoms with E-state index < -0.39 is 0 Å². The van der Waals surface area contributed by atoms with Crippen LogP contribution in [-0.4, -0.2) is 36.4 Å². The summed E-state index contributed by atoms with van der Waals surface area (Å²) < 4.78 is 0. The van der Waals surface area contributed by atoms with E-state index in [2.05, 4.69) is 34.8 Å². The first-order valence-electron chi connectivity index (χ1n) is 6.75. The number of nitrogens with zero attached hydrogens (tertiary/aromatic N) is 2. The summed E-state index contributed by atoms with van der Waals surface area (Å²) >= 11 is 0. The van der Waals surface area contributed by atoms with Crippen molar-refractivity contribution in [3.05, 3.63) is 30.1 Å². The molecule has 1 aromatic heterocycles. The fourth-order valence-electron chi connectivity index (χ4n) is 1.69. The van der Waals surface area contributed by atoms with E-state index in [9.17, 15) is 4.79 Å². The number of carbonyl (C=O) groups is 1. The van der Waals surface area contributed by atoms with Crippen LogP contribution in [0.2, 0.25) is 0 Å². The van der Waals surface area contributed by atoms with Crippen molar-refractivity contribution in [2.24, 2.45) is 0 Å². The molecule has 0 aliphatic heterocycles. The van der Waals surface area contributed by atoms with Crippen LogP contribution in [0.15, 0.2) is 24.4 Å². The molecule has 2 N–H and O–H groups in total. The molecule has 0 atom stereocenters. The van der Waals surface area contributed by atoms with E-state index >= 15 is 0 Å². The molecule has 0 fully saturated rings. The van der Waals surface area contributed by atoms with Gasteiger partial charge in [0.25, 0.3) is 0 Å². The lowest BCUT2D eigenvalue weighted by molar-refractivity contribution is -0.122. The van der Waals surface area contributed by atoms with Gasteiger partial charge in [0.05, 0.1) is 12.2 Å². The maximum Gasteiger partial charge on any atom is 0.234 e. The molecule has 0 radical (unpaired) electrons. The van der Waals surface area contributed by atoms with Gasteiger partial charge in [-0.25, -0.2) is 5.43 Å². The topological polar surface area (TPSA) is 57.3 Å². The van der Waals surface area contributed by atoms with Gasteiger partial charge in [0, 0.05) is 12.6 Å². The Labute approximate surface area is 139 Å². The van der Waals surface area contributed by atoms with Gasteiger partial charge in [0.1, 0.15) is 0 Å². The van der Waals surface area contributed by atoms with Gasteiger partial charge in [-0.1, -0.05) is 12.5 Å². The Hall–Kier alpha value is -0.880. The number of amides is 1. The largest absolute Gasteiger partial charge is 0.309 e. The number of halogens is 2. The van der Waals surface area contributed by atoms with Crippen molar-refractivity contribution >= 4 is 30.7 Å². The summed E-state index contributed by atoms with van der Waals surface area (Å²) in [5.74, 6) is 0.0424. The number of nitrogens with one attached hydrogen (secondary N) is 2. The molecular weight excluding hydrogens is 311 g/mol. The number of aromatic nitrogens is 1. The van der Waals surface area contributed by atoms with Crippen LogP contribution in [0.3, 0.4) is 0 Å². The first kappa shape index (κ1) is 22.4. The minimum Gasteiger partial charge on any atom is -0.309 e. The summed E-state index contributed by atoms with van der Waals surface area (Å²) in [6.07, 6.45) is 5.48. The molecule has 0 bridgehead atoms. The highest BCUT2D eigenvalue weighted by atomic mass is 35.5. The molecule has 1 aromatic rings. The van der Waals surface area contributed by atoms with Crippen molar-refractivity contribution in [3.8, 4) is 0 Å². The maximum atomic E-state index is 11.5. The van der Waals surface area contributed by atoms with Crippen molar-refractivity contribution in [2.45, 2.75) is 32.2 Å². The number of hydrogen-bond donors (Lipinski definition) is 2. The number of carbonyl (C=O) groups excluding carboxylic acids is 1. The van der Waals surface area contributed by atoms with E-state index in [-0.39, 0.29) is 30.7 Å². The van der Waals surface area contributed by atoms with Crippen LogP contribution in [-0.2, 0) is 11.3 Å². The number of rotatable bonds is 9. The Bertz CT molecular complexity index is 363. The average molecular weight is 337 g/mol. The molecule has 21 heavy (non-hydrogen) atoms. The molecule has 1 amide bonds. The van der Waals surface area contributed by atoms with Crippen molar-refractivity contribution in [1.29, 1.82) is 0 Å². The quantitative estimate of drug-likeness (QED) is 0.536. The highest BCUT2D eigenvalue weighted by molar-refractivity contribution is 5.85. The fraction of sp³-hybridized carbons (Fsp3) is 0.571. The van der Waals surface area contributed by atoms with Crippen LogP contribution in [0.1, 0.15) is 31.4 Å². The normalized spacial score (nSPS) is 9.67. The van der Waals surface area contributed by atoms with E-state index in [4.69, 9.17) is 0 Å². The molecule has 0 aliphatic rings. The summed E-state index contributed by atoms with van der Waals surface area (Å²) in [5.41, 5.74) is 6.49. The number of pyridine rings is 1. The van der Waals surface area contributed by atoms with Gasteiger partial charge in [0.2, 0.25) is 5.91 Å². The smallest absolute Gasteiger partial charge is 0.234 e. The molecule has 0 aromatic carbocycles. The lowest BCUT2D eigenvalue weighted by atomic mass is 10.2. The molecule has 5 nitrogen and oxygen atoms in total. The average Bonchev–Trinajstić information content (AvgIpc) is 2.39. The Balaban J connectivity index is 0.